The van der Waals surface area contributed by atoms with Crippen LogP contribution in [0.1, 0.15) is 0 Å². The number of hydrogen-bond donors (Lipinski definition) is 0. The summed E-state index contributed by atoms with van der Waals surface area (Å²) in [4.78, 5) is 0. The third-order valence-corrected chi connectivity index (χ3v) is 3.83. The number of methoxy groups -OCH3 is 1. The van der Waals surface area contributed by atoms with Gasteiger partial charge in [-0.25, -0.2) is 0 Å². The fourth-order valence-electron chi connectivity index (χ4n) is 1.98. The second-order valence-corrected chi connectivity index (χ2v) is 4.79. The first-order valence-electron chi connectivity index (χ1n) is 5.49. The van der Waals surface area contributed by atoms with E-state index in [-0.39, 0.29) is 0 Å². The Morgan fingerprint density at radius 3 is 2.59 bits per heavy atom. The van der Waals surface area contributed by atoms with Gasteiger partial charge in [-0.1, -0.05) is 30.3 Å². The Kier molecular flexibility index (Phi) is 2.57. The molecular weight excluding hydrogens is 228 g/mol. The molecule has 2 aromatic carbocycles. The van der Waals surface area contributed by atoms with Crippen LogP contribution in [-0.4, -0.2) is 7.11 Å². The second-order valence-electron chi connectivity index (χ2n) is 3.88. The smallest absolute Gasteiger partial charge is 0.119 e. The van der Waals surface area contributed by atoms with Crippen molar-refractivity contribution < 1.29 is 4.74 Å². The van der Waals surface area contributed by atoms with Crippen molar-refractivity contribution in [1.82, 2.24) is 0 Å². The highest BCUT2D eigenvalue weighted by molar-refractivity contribution is 7.17. The van der Waals surface area contributed by atoms with Gasteiger partial charge in [0, 0.05) is 15.6 Å². The van der Waals surface area contributed by atoms with Gasteiger partial charge in [-0.3, -0.25) is 0 Å². The summed E-state index contributed by atoms with van der Waals surface area (Å²) < 4.78 is 6.58. The lowest BCUT2D eigenvalue weighted by Gasteiger charge is -2.02. The Morgan fingerprint density at radius 1 is 1.00 bits per heavy atom. The average Bonchev–Trinajstić information content (AvgIpc) is 2.82. The van der Waals surface area contributed by atoms with Crippen LogP contribution in [0.3, 0.4) is 0 Å². The van der Waals surface area contributed by atoms with Gasteiger partial charge in [-0.15, -0.1) is 11.3 Å². The Morgan fingerprint density at radius 2 is 1.82 bits per heavy atom. The van der Waals surface area contributed by atoms with Gasteiger partial charge in [-0.2, -0.15) is 0 Å². The molecule has 0 aliphatic carbocycles. The minimum absolute atomic E-state index is 0.910. The standard InChI is InChI=1S/C15H12OS/c1-16-12-7-8-15-13(9-12)14(10-17-15)11-5-3-2-4-6-11/h2-10H,1H3. The molecule has 0 fully saturated rings. The fourth-order valence-corrected chi connectivity index (χ4v) is 2.93. The monoisotopic (exact) mass is 240 g/mol. The summed E-state index contributed by atoms with van der Waals surface area (Å²) in [5.74, 6) is 0.910. The topological polar surface area (TPSA) is 9.23 Å². The lowest BCUT2D eigenvalue weighted by Crippen LogP contribution is -1.81. The largest absolute Gasteiger partial charge is 0.497 e. The normalized spacial score (nSPS) is 10.6. The third kappa shape index (κ3) is 1.81. The van der Waals surface area contributed by atoms with E-state index in [1.807, 2.05) is 12.1 Å². The van der Waals surface area contributed by atoms with Gasteiger partial charge in [0.05, 0.1) is 7.11 Å². The molecule has 0 radical (unpaired) electrons. The molecule has 0 bridgehead atoms. The molecule has 0 saturated heterocycles. The molecule has 84 valence electrons. The van der Waals surface area contributed by atoms with Crippen LogP contribution < -0.4 is 4.74 Å². The summed E-state index contributed by atoms with van der Waals surface area (Å²) in [6.07, 6.45) is 0. The lowest BCUT2D eigenvalue weighted by molar-refractivity contribution is 0.415. The summed E-state index contributed by atoms with van der Waals surface area (Å²) >= 11 is 1.77. The van der Waals surface area contributed by atoms with Gasteiger partial charge in [0.1, 0.15) is 5.75 Å². The van der Waals surface area contributed by atoms with E-state index < -0.39 is 0 Å². The van der Waals surface area contributed by atoms with Crippen LogP contribution in [0.2, 0.25) is 0 Å². The minimum atomic E-state index is 0.910. The molecule has 0 aliphatic rings. The molecule has 17 heavy (non-hydrogen) atoms. The number of hydrogen-bond acceptors (Lipinski definition) is 2. The van der Waals surface area contributed by atoms with Crippen LogP contribution in [0.5, 0.6) is 5.75 Å². The molecule has 2 heteroatoms. The van der Waals surface area contributed by atoms with Crippen molar-refractivity contribution in [3.8, 4) is 16.9 Å². The maximum Gasteiger partial charge on any atom is 0.119 e. The molecule has 3 aromatic rings. The highest BCUT2D eigenvalue weighted by Gasteiger charge is 2.06. The Balaban J connectivity index is 2.23. The maximum absolute atomic E-state index is 5.29. The third-order valence-electron chi connectivity index (χ3n) is 2.87. The quantitative estimate of drug-likeness (QED) is 0.637. The molecule has 3 rings (SSSR count). The Labute approximate surface area is 104 Å². The van der Waals surface area contributed by atoms with Crippen LogP contribution in [0.25, 0.3) is 21.2 Å². The molecule has 0 unspecified atom stereocenters. The molecule has 0 spiro atoms. The number of thiophene rings is 1. The number of fused-ring (bicyclic) bond motifs is 1. The first-order chi connectivity index (χ1) is 8.38. The molecule has 0 saturated carbocycles. The van der Waals surface area contributed by atoms with E-state index in [9.17, 15) is 0 Å². The van der Waals surface area contributed by atoms with Crippen LogP contribution in [0, 0.1) is 0 Å². The highest BCUT2D eigenvalue weighted by Crippen LogP contribution is 2.35. The molecule has 0 N–H and O–H groups in total. The maximum atomic E-state index is 5.29. The van der Waals surface area contributed by atoms with Crippen LogP contribution in [0.15, 0.2) is 53.9 Å². The van der Waals surface area contributed by atoms with E-state index in [1.54, 1.807) is 18.4 Å². The van der Waals surface area contributed by atoms with Crippen LogP contribution in [-0.2, 0) is 0 Å². The molecule has 1 aromatic heterocycles. The van der Waals surface area contributed by atoms with Crippen molar-refractivity contribution in [2.75, 3.05) is 7.11 Å². The zero-order valence-corrected chi connectivity index (χ0v) is 10.3. The predicted octanol–water partition coefficient (Wildman–Crippen LogP) is 4.58. The van der Waals surface area contributed by atoms with Crippen molar-refractivity contribution in [3.05, 3.63) is 53.9 Å². The zero-order valence-electron chi connectivity index (χ0n) is 9.51. The van der Waals surface area contributed by atoms with Crippen LogP contribution in [0.4, 0.5) is 0 Å². The summed E-state index contributed by atoms with van der Waals surface area (Å²) in [5.41, 5.74) is 2.54. The van der Waals surface area contributed by atoms with Crippen LogP contribution >= 0.6 is 11.3 Å². The first kappa shape index (κ1) is 10.4. The molecule has 0 amide bonds. The van der Waals surface area contributed by atoms with Gasteiger partial charge in [0.25, 0.3) is 0 Å². The molecule has 0 atom stereocenters. The van der Waals surface area contributed by atoms with Crippen molar-refractivity contribution in [2.24, 2.45) is 0 Å². The van der Waals surface area contributed by atoms with Gasteiger partial charge >= 0.3 is 0 Å². The number of ether oxygens (including phenoxy) is 1. The molecule has 1 nitrogen and oxygen atoms in total. The summed E-state index contributed by atoms with van der Waals surface area (Å²) in [7, 11) is 1.70. The predicted molar refractivity (Wildman–Crippen MR) is 73.8 cm³/mol. The van der Waals surface area contributed by atoms with Gasteiger partial charge in [0.15, 0.2) is 0 Å². The SMILES string of the molecule is COc1ccc2scc(-c3ccccc3)c2c1. The molecular formula is C15H12OS. The van der Waals surface area contributed by atoms with Gasteiger partial charge < -0.3 is 4.74 Å². The van der Waals surface area contributed by atoms with E-state index in [4.69, 9.17) is 4.74 Å². The van der Waals surface area contributed by atoms with E-state index in [0.717, 1.165) is 5.75 Å². The summed E-state index contributed by atoms with van der Waals surface area (Å²) in [5, 5.41) is 3.47. The van der Waals surface area contributed by atoms with E-state index >= 15 is 0 Å². The average molecular weight is 240 g/mol. The van der Waals surface area contributed by atoms with Crippen molar-refractivity contribution in [3.63, 3.8) is 0 Å². The zero-order chi connectivity index (χ0) is 11.7. The van der Waals surface area contributed by atoms with E-state index in [2.05, 4.69) is 41.8 Å². The van der Waals surface area contributed by atoms with Gasteiger partial charge in [-0.05, 0) is 29.1 Å². The molecule has 1 heterocycles. The van der Waals surface area contributed by atoms with Crippen molar-refractivity contribution in [1.29, 1.82) is 0 Å². The van der Waals surface area contributed by atoms with E-state index in [1.165, 1.54) is 21.2 Å². The number of rotatable bonds is 2. The Bertz CT molecular complexity index is 640. The minimum Gasteiger partial charge on any atom is -0.497 e. The van der Waals surface area contributed by atoms with Gasteiger partial charge in [0.2, 0.25) is 0 Å². The highest BCUT2D eigenvalue weighted by atomic mass is 32.1. The van der Waals surface area contributed by atoms with Crippen molar-refractivity contribution in [2.45, 2.75) is 0 Å². The fraction of sp³-hybridized carbons (Fsp3) is 0.0667. The van der Waals surface area contributed by atoms with E-state index in [0.29, 0.717) is 0 Å². The lowest BCUT2D eigenvalue weighted by atomic mass is 10.0. The summed E-state index contributed by atoms with van der Waals surface area (Å²) in [6.45, 7) is 0. The van der Waals surface area contributed by atoms with Crippen molar-refractivity contribution >= 4 is 21.4 Å². The number of benzene rings is 2. The second kappa shape index (κ2) is 4.22. The first-order valence-corrected chi connectivity index (χ1v) is 6.37. The summed E-state index contributed by atoms with van der Waals surface area (Å²) in [6, 6.07) is 16.7. The molecule has 0 aliphatic heterocycles. The Hall–Kier alpha value is -1.80.